The number of piperidine rings is 1. The molecule has 1 fully saturated rings. The lowest BCUT2D eigenvalue weighted by atomic mass is 9.96. The Balaban J connectivity index is 1.39. The van der Waals surface area contributed by atoms with Crippen molar-refractivity contribution >= 4 is 5.91 Å². The van der Waals surface area contributed by atoms with Gasteiger partial charge in [-0.15, -0.1) is 0 Å². The summed E-state index contributed by atoms with van der Waals surface area (Å²) in [6.45, 7) is 4.58. The highest BCUT2D eigenvalue weighted by atomic mass is 16.5. The van der Waals surface area contributed by atoms with E-state index in [-0.39, 0.29) is 5.91 Å². The van der Waals surface area contributed by atoms with Crippen molar-refractivity contribution in [1.29, 1.82) is 0 Å². The van der Waals surface area contributed by atoms with Gasteiger partial charge in [0.25, 0.3) is 5.91 Å². The molecule has 1 aliphatic rings. The number of aryl methyl sites for hydroxylation is 1. The minimum absolute atomic E-state index is 0.0981. The first-order valence-corrected chi connectivity index (χ1v) is 10.0. The van der Waals surface area contributed by atoms with Crippen LogP contribution in [-0.4, -0.2) is 45.5 Å². The number of likely N-dealkylation sites (tertiary alicyclic amines) is 1. The van der Waals surface area contributed by atoms with Gasteiger partial charge in [0, 0.05) is 55.0 Å². The maximum atomic E-state index is 12.8. The second-order valence-corrected chi connectivity index (χ2v) is 7.54. The van der Waals surface area contributed by atoms with Crippen LogP contribution in [0.2, 0.25) is 0 Å². The van der Waals surface area contributed by atoms with E-state index >= 15 is 0 Å². The fourth-order valence-electron chi connectivity index (χ4n) is 3.91. The SMILES string of the molecule is COc1ccc(C(=O)N2CCC(Cn3c(C)cnc3-c3cccnc3)CC2)cc1. The number of rotatable bonds is 5. The van der Waals surface area contributed by atoms with Gasteiger partial charge in [0.15, 0.2) is 0 Å². The van der Waals surface area contributed by atoms with E-state index in [0.717, 1.165) is 55.3 Å². The van der Waals surface area contributed by atoms with E-state index in [2.05, 4.69) is 21.5 Å². The highest BCUT2D eigenvalue weighted by Crippen LogP contribution is 2.25. The second-order valence-electron chi connectivity index (χ2n) is 7.54. The normalized spacial score (nSPS) is 14.8. The molecular formula is C23H26N4O2. The Morgan fingerprint density at radius 3 is 2.55 bits per heavy atom. The van der Waals surface area contributed by atoms with Crippen molar-refractivity contribution < 1.29 is 9.53 Å². The van der Waals surface area contributed by atoms with Gasteiger partial charge in [-0.1, -0.05) is 0 Å². The summed E-state index contributed by atoms with van der Waals surface area (Å²) in [5.74, 6) is 2.35. The topological polar surface area (TPSA) is 60.2 Å². The first-order chi connectivity index (χ1) is 14.2. The average molecular weight is 390 g/mol. The summed E-state index contributed by atoms with van der Waals surface area (Å²) in [6, 6.07) is 11.3. The fourth-order valence-corrected chi connectivity index (χ4v) is 3.91. The van der Waals surface area contributed by atoms with Crippen molar-refractivity contribution in [3.05, 3.63) is 66.2 Å². The van der Waals surface area contributed by atoms with Crippen LogP contribution in [0.3, 0.4) is 0 Å². The van der Waals surface area contributed by atoms with Gasteiger partial charge in [-0.05, 0) is 62.1 Å². The van der Waals surface area contributed by atoms with E-state index in [1.54, 1.807) is 13.3 Å². The summed E-state index contributed by atoms with van der Waals surface area (Å²) in [6.07, 6.45) is 7.54. The summed E-state index contributed by atoms with van der Waals surface area (Å²) >= 11 is 0. The largest absolute Gasteiger partial charge is 0.497 e. The van der Waals surface area contributed by atoms with E-state index in [1.807, 2.05) is 53.7 Å². The van der Waals surface area contributed by atoms with Gasteiger partial charge < -0.3 is 14.2 Å². The molecule has 0 aliphatic carbocycles. The molecule has 0 bridgehead atoms. The van der Waals surface area contributed by atoms with E-state index in [9.17, 15) is 4.79 Å². The van der Waals surface area contributed by atoms with Gasteiger partial charge in [-0.3, -0.25) is 9.78 Å². The standard InChI is InChI=1S/C23H26N4O2/c1-17-14-25-22(20-4-3-11-24-15-20)27(17)16-18-9-12-26(13-10-18)23(28)19-5-7-21(29-2)8-6-19/h3-8,11,14-15,18H,9-10,12-13,16H2,1-2H3. The fraction of sp³-hybridized carbons (Fsp3) is 0.348. The number of carbonyl (C=O) groups excluding carboxylic acids is 1. The Kier molecular flexibility index (Phi) is 5.60. The van der Waals surface area contributed by atoms with E-state index in [4.69, 9.17) is 4.74 Å². The Labute approximate surface area is 171 Å². The number of carbonyl (C=O) groups is 1. The third kappa shape index (κ3) is 4.16. The van der Waals surface area contributed by atoms with Crippen LogP contribution in [0.15, 0.2) is 55.0 Å². The molecule has 6 heteroatoms. The molecule has 1 aromatic carbocycles. The van der Waals surface area contributed by atoms with Crippen LogP contribution < -0.4 is 4.74 Å². The number of imidazole rings is 1. The van der Waals surface area contributed by atoms with Crippen LogP contribution in [0.5, 0.6) is 5.75 Å². The lowest BCUT2D eigenvalue weighted by molar-refractivity contribution is 0.0682. The number of hydrogen-bond donors (Lipinski definition) is 0. The Bertz CT molecular complexity index is 958. The number of benzene rings is 1. The monoisotopic (exact) mass is 390 g/mol. The summed E-state index contributed by atoms with van der Waals surface area (Å²) in [5.41, 5.74) is 2.90. The minimum Gasteiger partial charge on any atom is -0.497 e. The zero-order valence-corrected chi connectivity index (χ0v) is 16.9. The lowest BCUT2D eigenvalue weighted by Gasteiger charge is -2.32. The van der Waals surface area contributed by atoms with Gasteiger partial charge in [-0.2, -0.15) is 0 Å². The quantitative estimate of drug-likeness (QED) is 0.665. The summed E-state index contributed by atoms with van der Waals surface area (Å²) < 4.78 is 7.45. The minimum atomic E-state index is 0.0981. The molecule has 1 saturated heterocycles. The average Bonchev–Trinajstić information content (AvgIpc) is 3.14. The number of aromatic nitrogens is 3. The molecule has 1 aliphatic heterocycles. The molecule has 0 saturated carbocycles. The molecule has 3 heterocycles. The molecule has 0 unspecified atom stereocenters. The smallest absolute Gasteiger partial charge is 0.253 e. The van der Waals surface area contributed by atoms with Crippen molar-refractivity contribution in [2.75, 3.05) is 20.2 Å². The molecule has 2 aromatic heterocycles. The number of pyridine rings is 1. The van der Waals surface area contributed by atoms with Crippen LogP contribution in [0, 0.1) is 12.8 Å². The van der Waals surface area contributed by atoms with Crippen molar-refractivity contribution in [3.8, 4) is 17.1 Å². The molecule has 6 nitrogen and oxygen atoms in total. The first kappa shape index (κ1) is 19.2. The van der Waals surface area contributed by atoms with Gasteiger partial charge in [0.1, 0.15) is 11.6 Å². The number of ether oxygens (including phenoxy) is 1. The highest BCUT2D eigenvalue weighted by molar-refractivity contribution is 5.94. The van der Waals surface area contributed by atoms with Crippen LogP contribution in [0.1, 0.15) is 28.9 Å². The molecule has 0 spiro atoms. The molecule has 150 valence electrons. The molecule has 29 heavy (non-hydrogen) atoms. The maximum absolute atomic E-state index is 12.8. The van der Waals surface area contributed by atoms with Crippen molar-refractivity contribution in [1.82, 2.24) is 19.4 Å². The summed E-state index contributed by atoms with van der Waals surface area (Å²) in [7, 11) is 1.63. The predicted molar refractivity (Wildman–Crippen MR) is 112 cm³/mol. The number of amides is 1. The number of methoxy groups -OCH3 is 1. The van der Waals surface area contributed by atoms with Gasteiger partial charge in [-0.25, -0.2) is 4.98 Å². The van der Waals surface area contributed by atoms with Gasteiger partial charge in [0.05, 0.1) is 7.11 Å². The second kappa shape index (κ2) is 8.47. The predicted octanol–water partition coefficient (Wildman–Crippen LogP) is 3.81. The zero-order valence-electron chi connectivity index (χ0n) is 16.9. The number of nitrogens with zero attached hydrogens (tertiary/aromatic N) is 4. The zero-order chi connectivity index (χ0) is 20.2. The number of hydrogen-bond acceptors (Lipinski definition) is 4. The van der Waals surface area contributed by atoms with E-state index < -0.39 is 0 Å². The van der Waals surface area contributed by atoms with Crippen LogP contribution in [0.4, 0.5) is 0 Å². The highest BCUT2D eigenvalue weighted by Gasteiger charge is 2.25. The molecule has 0 N–H and O–H groups in total. The van der Waals surface area contributed by atoms with Gasteiger partial charge >= 0.3 is 0 Å². The van der Waals surface area contributed by atoms with Crippen LogP contribution in [-0.2, 0) is 6.54 Å². The van der Waals surface area contributed by atoms with Gasteiger partial charge in [0.2, 0.25) is 0 Å². The Morgan fingerprint density at radius 2 is 1.90 bits per heavy atom. The van der Waals surface area contributed by atoms with E-state index in [1.165, 1.54) is 0 Å². The van der Waals surface area contributed by atoms with Crippen LogP contribution >= 0.6 is 0 Å². The summed E-state index contributed by atoms with van der Waals surface area (Å²) in [4.78, 5) is 23.6. The van der Waals surface area contributed by atoms with E-state index in [0.29, 0.717) is 11.5 Å². The molecule has 0 radical (unpaired) electrons. The lowest BCUT2D eigenvalue weighted by Crippen LogP contribution is -2.39. The molecule has 0 atom stereocenters. The maximum Gasteiger partial charge on any atom is 0.253 e. The molecular weight excluding hydrogens is 364 g/mol. The van der Waals surface area contributed by atoms with Crippen LogP contribution in [0.25, 0.3) is 11.4 Å². The summed E-state index contributed by atoms with van der Waals surface area (Å²) in [5, 5.41) is 0. The first-order valence-electron chi connectivity index (χ1n) is 10.0. The molecule has 3 aromatic rings. The Hall–Kier alpha value is -3.15. The molecule has 4 rings (SSSR count). The van der Waals surface area contributed by atoms with Crippen molar-refractivity contribution in [3.63, 3.8) is 0 Å². The third-order valence-electron chi connectivity index (χ3n) is 5.65. The molecule has 1 amide bonds. The van der Waals surface area contributed by atoms with Crippen molar-refractivity contribution in [2.24, 2.45) is 5.92 Å². The third-order valence-corrected chi connectivity index (χ3v) is 5.65. The Morgan fingerprint density at radius 1 is 1.14 bits per heavy atom. The van der Waals surface area contributed by atoms with Crippen molar-refractivity contribution in [2.45, 2.75) is 26.3 Å².